The minimum Gasteiger partial charge on any atom is -0.399 e. The van der Waals surface area contributed by atoms with E-state index >= 15 is 0 Å². The molecule has 0 saturated heterocycles. The van der Waals surface area contributed by atoms with E-state index in [1.54, 1.807) is 18.2 Å². The van der Waals surface area contributed by atoms with Gasteiger partial charge in [0, 0.05) is 17.5 Å². The Morgan fingerprint density at radius 2 is 1.75 bits per heavy atom. The lowest BCUT2D eigenvalue weighted by Crippen LogP contribution is -2.07. The van der Waals surface area contributed by atoms with E-state index in [-0.39, 0.29) is 5.91 Å². The molecule has 0 fully saturated rings. The van der Waals surface area contributed by atoms with E-state index in [1.807, 2.05) is 36.4 Å². The number of hydrogen-bond donors (Lipinski definition) is 2. The lowest BCUT2D eigenvalue weighted by Gasteiger charge is -2.03. The molecule has 0 radical (unpaired) electrons. The number of anilines is 2. The van der Waals surface area contributed by atoms with Crippen LogP contribution in [0.15, 0.2) is 54.6 Å². The van der Waals surface area contributed by atoms with Crippen LogP contribution in [0.4, 0.5) is 11.4 Å². The molecule has 0 aliphatic rings. The highest BCUT2D eigenvalue weighted by atomic mass is 16.1. The molecular weight excluding hydrogens is 248 g/mol. The van der Waals surface area contributed by atoms with Gasteiger partial charge in [-0.3, -0.25) is 4.79 Å². The standard InChI is InChI=1S/C17H18N2O/c1-2-13-5-10-16(11-6-13)19-17(20)12-7-14-3-8-15(18)9-4-14/h3-12H,2,18H2,1H3,(H,19,20)/b12-7+. The van der Waals surface area contributed by atoms with E-state index in [9.17, 15) is 4.79 Å². The molecule has 102 valence electrons. The summed E-state index contributed by atoms with van der Waals surface area (Å²) in [5.41, 5.74) is 9.31. The van der Waals surface area contributed by atoms with Crippen LogP contribution in [0.5, 0.6) is 0 Å². The molecule has 0 bridgehead atoms. The van der Waals surface area contributed by atoms with Gasteiger partial charge in [0.25, 0.3) is 0 Å². The van der Waals surface area contributed by atoms with E-state index in [2.05, 4.69) is 12.2 Å². The number of nitrogens with one attached hydrogen (secondary N) is 1. The van der Waals surface area contributed by atoms with E-state index in [4.69, 9.17) is 5.73 Å². The largest absolute Gasteiger partial charge is 0.399 e. The minimum atomic E-state index is -0.147. The molecule has 3 heteroatoms. The fourth-order valence-electron chi connectivity index (χ4n) is 1.79. The van der Waals surface area contributed by atoms with Crippen molar-refractivity contribution in [2.75, 3.05) is 11.1 Å². The molecule has 2 rings (SSSR count). The summed E-state index contributed by atoms with van der Waals surface area (Å²) in [4.78, 5) is 11.8. The maximum absolute atomic E-state index is 11.8. The number of benzene rings is 2. The first-order chi connectivity index (χ1) is 9.67. The van der Waals surface area contributed by atoms with Gasteiger partial charge in [0.1, 0.15) is 0 Å². The van der Waals surface area contributed by atoms with Gasteiger partial charge in [-0.15, -0.1) is 0 Å². The van der Waals surface area contributed by atoms with Gasteiger partial charge >= 0.3 is 0 Å². The zero-order valence-electron chi connectivity index (χ0n) is 11.5. The normalized spacial score (nSPS) is 10.7. The fourth-order valence-corrected chi connectivity index (χ4v) is 1.79. The van der Waals surface area contributed by atoms with Crippen LogP contribution in [0.25, 0.3) is 6.08 Å². The molecule has 1 amide bonds. The summed E-state index contributed by atoms with van der Waals surface area (Å²) in [5, 5.41) is 2.82. The predicted octanol–water partition coefficient (Wildman–Crippen LogP) is 3.48. The lowest BCUT2D eigenvalue weighted by atomic mass is 10.1. The topological polar surface area (TPSA) is 55.1 Å². The maximum Gasteiger partial charge on any atom is 0.248 e. The molecule has 20 heavy (non-hydrogen) atoms. The van der Waals surface area contributed by atoms with Gasteiger partial charge in [0.05, 0.1) is 0 Å². The van der Waals surface area contributed by atoms with Crippen LogP contribution in [0.1, 0.15) is 18.1 Å². The Morgan fingerprint density at radius 1 is 1.10 bits per heavy atom. The zero-order valence-corrected chi connectivity index (χ0v) is 11.5. The van der Waals surface area contributed by atoms with E-state index < -0.39 is 0 Å². The van der Waals surface area contributed by atoms with Crippen molar-refractivity contribution in [2.45, 2.75) is 13.3 Å². The Morgan fingerprint density at radius 3 is 2.35 bits per heavy atom. The Kier molecular flexibility index (Phi) is 4.56. The van der Waals surface area contributed by atoms with E-state index in [0.29, 0.717) is 5.69 Å². The molecule has 3 N–H and O–H groups in total. The molecule has 0 unspecified atom stereocenters. The third-order valence-corrected chi connectivity index (χ3v) is 2.99. The van der Waals surface area contributed by atoms with Crippen LogP contribution in [-0.4, -0.2) is 5.91 Å². The number of carbonyl (C=O) groups excluding carboxylic acids is 1. The van der Waals surface area contributed by atoms with Crippen molar-refractivity contribution in [1.29, 1.82) is 0 Å². The first-order valence-corrected chi connectivity index (χ1v) is 6.61. The van der Waals surface area contributed by atoms with Gasteiger partial charge in [0.15, 0.2) is 0 Å². The Bertz CT molecular complexity index is 598. The summed E-state index contributed by atoms with van der Waals surface area (Å²) >= 11 is 0. The van der Waals surface area contributed by atoms with E-state index in [1.165, 1.54) is 11.6 Å². The van der Waals surface area contributed by atoms with Crippen molar-refractivity contribution in [3.8, 4) is 0 Å². The Labute approximate surface area is 119 Å². The second kappa shape index (κ2) is 6.57. The first kappa shape index (κ1) is 13.9. The van der Waals surface area contributed by atoms with Gasteiger partial charge < -0.3 is 11.1 Å². The SMILES string of the molecule is CCc1ccc(NC(=O)/C=C/c2ccc(N)cc2)cc1. The number of aryl methyl sites for hydroxylation is 1. The zero-order chi connectivity index (χ0) is 14.4. The second-order valence-electron chi connectivity index (χ2n) is 4.54. The quantitative estimate of drug-likeness (QED) is 0.657. The molecule has 0 saturated carbocycles. The Hall–Kier alpha value is -2.55. The smallest absolute Gasteiger partial charge is 0.248 e. The number of hydrogen-bond acceptors (Lipinski definition) is 2. The molecule has 2 aromatic rings. The Balaban J connectivity index is 1.96. The van der Waals surface area contributed by atoms with E-state index in [0.717, 1.165) is 17.7 Å². The van der Waals surface area contributed by atoms with Crippen molar-refractivity contribution in [3.05, 3.63) is 65.7 Å². The summed E-state index contributed by atoms with van der Waals surface area (Å²) in [6, 6.07) is 15.2. The third kappa shape index (κ3) is 3.99. The summed E-state index contributed by atoms with van der Waals surface area (Å²) < 4.78 is 0. The average Bonchev–Trinajstić information content (AvgIpc) is 2.47. The maximum atomic E-state index is 11.8. The van der Waals surface area contributed by atoms with Crippen LogP contribution < -0.4 is 11.1 Å². The number of nitrogens with two attached hydrogens (primary N) is 1. The van der Waals surface area contributed by atoms with Gasteiger partial charge in [-0.25, -0.2) is 0 Å². The van der Waals surface area contributed by atoms with Crippen molar-refractivity contribution < 1.29 is 4.79 Å². The van der Waals surface area contributed by atoms with Crippen molar-refractivity contribution >= 4 is 23.4 Å². The van der Waals surface area contributed by atoms with Crippen molar-refractivity contribution in [1.82, 2.24) is 0 Å². The monoisotopic (exact) mass is 266 g/mol. The van der Waals surface area contributed by atoms with Crippen LogP contribution in [0, 0.1) is 0 Å². The summed E-state index contributed by atoms with van der Waals surface area (Å²) in [6.07, 6.45) is 4.26. The highest BCUT2D eigenvalue weighted by Gasteiger charge is 1.98. The molecule has 0 aliphatic heterocycles. The second-order valence-corrected chi connectivity index (χ2v) is 4.54. The molecule has 3 nitrogen and oxygen atoms in total. The van der Waals surface area contributed by atoms with Gasteiger partial charge in [-0.05, 0) is 47.9 Å². The molecule has 0 aromatic heterocycles. The fraction of sp³-hybridized carbons (Fsp3) is 0.118. The van der Waals surface area contributed by atoms with Crippen LogP contribution in [-0.2, 0) is 11.2 Å². The highest BCUT2D eigenvalue weighted by molar-refractivity contribution is 6.01. The summed E-state index contributed by atoms with van der Waals surface area (Å²) in [5.74, 6) is -0.147. The number of nitrogen functional groups attached to an aromatic ring is 1. The molecule has 0 atom stereocenters. The number of carbonyl (C=O) groups is 1. The minimum absolute atomic E-state index is 0.147. The predicted molar refractivity (Wildman–Crippen MR) is 84.3 cm³/mol. The third-order valence-electron chi connectivity index (χ3n) is 2.99. The van der Waals surface area contributed by atoms with Crippen LogP contribution in [0.2, 0.25) is 0 Å². The van der Waals surface area contributed by atoms with Crippen molar-refractivity contribution in [3.63, 3.8) is 0 Å². The summed E-state index contributed by atoms with van der Waals surface area (Å²) in [6.45, 7) is 2.10. The van der Waals surface area contributed by atoms with Gasteiger partial charge in [-0.1, -0.05) is 31.2 Å². The van der Waals surface area contributed by atoms with Gasteiger partial charge in [0.2, 0.25) is 5.91 Å². The molecule has 0 spiro atoms. The molecule has 2 aromatic carbocycles. The van der Waals surface area contributed by atoms with Crippen molar-refractivity contribution in [2.24, 2.45) is 0 Å². The highest BCUT2D eigenvalue weighted by Crippen LogP contribution is 2.11. The molecule has 0 heterocycles. The molecule has 0 aliphatic carbocycles. The van der Waals surface area contributed by atoms with Crippen LogP contribution >= 0.6 is 0 Å². The van der Waals surface area contributed by atoms with Crippen LogP contribution in [0.3, 0.4) is 0 Å². The first-order valence-electron chi connectivity index (χ1n) is 6.61. The number of rotatable bonds is 4. The lowest BCUT2D eigenvalue weighted by molar-refractivity contribution is -0.111. The van der Waals surface area contributed by atoms with Gasteiger partial charge in [-0.2, -0.15) is 0 Å². The number of amides is 1. The molecular formula is C17H18N2O. The summed E-state index contributed by atoms with van der Waals surface area (Å²) in [7, 11) is 0. The average molecular weight is 266 g/mol.